The zero-order valence-corrected chi connectivity index (χ0v) is 12.8. The van der Waals surface area contributed by atoms with Crippen LogP contribution in [0.1, 0.15) is 17.0 Å². The smallest absolute Gasteiger partial charge is 0.231 e. The molecule has 0 fully saturated rings. The summed E-state index contributed by atoms with van der Waals surface area (Å²) in [5.41, 5.74) is 7.66. The lowest BCUT2D eigenvalue weighted by molar-refractivity contribution is -0.131. The lowest BCUT2D eigenvalue weighted by atomic mass is 9.97. The maximum absolute atomic E-state index is 12.6. The lowest BCUT2D eigenvalue weighted by Crippen LogP contribution is -2.34. The SMILES string of the molecule is CN(Cc1ccccc1Cl)C(=O)C(CN)c1ccccc1. The van der Waals surface area contributed by atoms with Crippen molar-refractivity contribution >= 4 is 17.5 Å². The van der Waals surface area contributed by atoms with Gasteiger partial charge in [0.15, 0.2) is 0 Å². The van der Waals surface area contributed by atoms with Gasteiger partial charge in [-0.3, -0.25) is 4.79 Å². The Morgan fingerprint density at radius 3 is 2.38 bits per heavy atom. The van der Waals surface area contributed by atoms with E-state index < -0.39 is 0 Å². The van der Waals surface area contributed by atoms with Crippen LogP contribution in [0.2, 0.25) is 5.02 Å². The third-order valence-electron chi connectivity index (χ3n) is 3.48. The number of carbonyl (C=O) groups is 1. The van der Waals surface area contributed by atoms with Crippen molar-refractivity contribution in [3.8, 4) is 0 Å². The fourth-order valence-corrected chi connectivity index (χ4v) is 2.49. The van der Waals surface area contributed by atoms with Crippen molar-refractivity contribution in [3.05, 3.63) is 70.7 Å². The number of carbonyl (C=O) groups excluding carboxylic acids is 1. The molecule has 1 atom stereocenters. The van der Waals surface area contributed by atoms with Gasteiger partial charge in [-0.25, -0.2) is 0 Å². The van der Waals surface area contributed by atoms with Gasteiger partial charge in [-0.15, -0.1) is 0 Å². The van der Waals surface area contributed by atoms with Gasteiger partial charge in [0.25, 0.3) is 0 Å². The number of benzene rings is 2. The molecule has 0 spiro atoms. The maximum Gasteiger partial charge on any atom is 0.231 e. The molecule has 0 aliphatic carbocycles. The largest absolute Gasteiger partial charge is 0.341 e. The Kier molecular flexibility index (Phi) is 5.37. The van der Waals surface area contributed by atoms with Crippen molar-refractivity contribution in [3.63, 3.8) is 0 Å². The van der Waals surface area contributed by atoms with E-state index >= 15 is 0 Å². The van der Waals surface area contributed by atoms with Gasteiger partial charge in [0, 0.05) is 25.2 Å². The molecule has 0 aliphatic rings. The molecule has 2 aromatic carbocycles. The van der Waals surface area contributed by atoms with E-state index in [-0.39, 0.29) is 18.4 Å². The van der Waals surface area contributed by atoms with E-state index in [1.54, 1.807) is 11.9 Å². The second-order valence-corrected chi connectivity index (χ2v) is 5.39. The molecule has 0 saturated heterocycles. The molecule has 3 nitrogen and oxygen atoms in total. The molecule has 0 radical (unpaired) electrons. The Balaban J connectivity index is 2.13. The molecule has 0 saturated carbocycles. The molecule has 0 aromatic heterocycles. The van der Waals surface area contributed by atoms with E-state index in [1.807, 2.05) is 54.6 Å². The van der Waals surface area contributed by atoms with E-state index in [0.717, 1.165) is 11.1 Å². The number of nitrogens with zero attached hydrogens (tertiary/aromatic N) is 1. The first-order valence-corrected chi connectivity index (χ1v) is 7.24. The van der Waals surface area contributed by atoms with Gasteiger partial charge in [0.1, 0.15) is 0 Å². The van der Waals surface area contributed by atoms with Crippen LogP contribution in [0.4, 0.5) is 0 Å². The van der Waals surface area contributed by atoms with Crippen molar-refractivity contribution in [1.82, 2.24) is 4.90 Å². The van der Waals surface area contributed by atoms with Gasteiger partial charge in [-0.05, 0) is 17.2 Å². The fraction of sp³-hybridized carbons (Fsp3) is 0.235. The van der Waals surface area contributed by atoms with Gasteiger partial charge in [0.2, 0.25) is 5.91 Å². The number of rotatable bonds is 5. The van der Waals surface area contributed by atoms with E-state index in [1.165, 1.54) is 0 Å². The number of hydrogen-bond donors (Lipinski definition) is 1. The Labute approximate surface area is 130 Å². The summed E-state index contributed by atoms with van der Waals surface area (Å²) in [5, 5.41) is 0.668. The molecule has 2 rings (SSSR count). The highest BCUT2D eigenvalue weighted by Crippen LogP contribution is 2.20. The first-order chi connectivity index (χ1) is 10.1. The summed E-state index contributed by atoms with van der Waals surface area (Å²) in [6.45, 7) is 0.761. The molecule has 21 heavy (non-hydrogen) atoms. The standard InChI is InChI=1S/C17H19ClN2O/c1-20(12-14-9-5-6-10-16(14)18)17(21)15(11-19)13-7-3-2-4-8-13/h2-10,15H,11-12,19H2,1H3. The van der Waals surface area contributed by atoms with E-state index in [9.17, 15) is 4.79 Å². The number of halogens is 1. The lowest BCUT2D eigenvalue weighted by Gasteiger charge is -2.23. The van der Waals surface area contributed by atoms with Crippen LogP contribution in [0.3, 0.4) is 0 Å². The Hall–Kier alpha value is -1.84. The van der Waals surface area contributed by atoms with Crippen LogP contribution in [-0.2, 0) is 11.3 Å². The molecule has 2 aromatic rings. The third-order valence-corrected chi connectivity index (χ3v) is 3.85. The van der Waals surface area contributed by atoms with Gasteiger partial charge < -0.3 is 10.6 Å². The molecule has 0 aliphatic heterocycles. The second kappa shape index (κ2) is 7.25. The summed E-state index contributed by atoms with van der Waals surface area (Å²) >= 11 is 6.14. The van der Waals surface area contributed by atoms with Crippen LogP contribution in [0.5, 0.6) is 0 Å². The molecular weight excluding hydrogens is 284 g/mol. The third kappa shape index (κ3) is 3.84. The zero-order chi connectivity index (χ0) is 15.2. The Morgan fingerprint density at radius 1 is 1.14 bits per heavy atom. The van der Waals surface area contributed by atoms with Gasteiger partial charge in [-0.2, -0.15) is 0 Å². The zero-order valence-electron chi connectivity index (χ0n) is 12.0. The molecule has 0 heterocycles. The monoisotopic (exact) mass is 302 g/mol. The number of hydrogen-bond acceptors (Lipinski definition) is 2. The summed E-state index contributed by atoms with van der Waals surface area (Å²) in [6.07, 6.45) is 0. The minimum absolute atomic E-state index is 0.00335. The van der Waals surface area contributed by atoms with E-state index in [0.29, 0.717) is 11.6 Å². The average Bonchev–Trinajstić information content (AvgIpc) is 2.51. The Morgan fingerprint density at radius 2 is 1.76 bits per heavy atom. The molecule has 1 unspecified atom stereocenters. The average molecular weight is 303 g/mol. The minimum atomic E-state index is -0.321. The highest BCUT2D eigenvalue weighted by Gasteiger charge is 2.22. The number of likely N-dealkylation sites (N-methyl/N-ethyl adjacent to an activating group) is 1. The van der Waals surface area contributed by atoms with Crippen LogP contribution in [0.15, 0.2) is 54.6 Å². The van der Waals surface area contributed by atoms with Gasteiger partial charge in [0.05, 0.1) is 5.92 Å². The molecular formula is C17H19ClN2O. The van der Waals surface area contributed by atoms with Crippen LogP contribution >= 0.6 is 11.6 Å². The van der Waals surface area contributed by atoms with E-state index in [2.05, 4.69) is 0 Å². The highest BCUT2D eigenvalue weighted by molar-refractivity contribution is 6.31. The Bertz CT molecular complexity index is 601. The van der Waals surface area contributed by atoms with Crippen LogP contribution in [0, 0.1) is 0 Å². The first-order valence-electron chi connectivity index (χ1n) is 6.87. The van der Waals surface area contributed by atoms with Crippen molar-refractivity contribution in [2.24, 2.45) is 5.73 Å². The predicted molar refractivity (Wildman–Crippen MR) is 86.2 cm³/mol. The minimum Gasteiger partial charge on any atom is -0.341 e. The molecule has 2 N–H and O–H groups in total. The summed E-state index contributed by atoms with van der Waals surface area (Å²) in [6, 6.07) is 17.2. The summed E-state index contributed by atoms with van der Waals surface area (Å²) < 4.78 is 0. The van der Waals surface area contributed by atoms with Gasteiger partial charge in [-0.1, -0.05) is 60.1 Å². The fourth-order valence-electron chi connectivity index (χ4n) is 2.29. The van der Waals surface area contributed by atoms with Crippen LogP contribution in [-0.4, -0.2) is 24.4 Å². The van der Waals surface area contributed by atoms with Crippen molar-refractivity contribution in [2.75, 3.05) is 13.6 Å². The van der Waals surface area contributed by atoms with Gasteiger partial charge >= 0.3 is 0 Å². The predicted octanol–water partition coefficient (Wildman–Crippen LogP) is 3.04. The molecule has 4 heteroatoms. The normalized spacial score (nSPS) is 12.0. The van der Waals surface area contributed by atoms with Crippen LogP contribution in [0.25, 0.3) is 0 Å². The molecule has 110 valence electrons. The quantitative estimate of drug-likeness (QED) is 0.923. The summed E-state index contributed by atoms with van der Waals surface area (Å²) in [4.78, 5) is 14.3. The van der Waals surface area contributed by atoms with Crippen LogP contribution < -0.4 is 5.73 Å². The van der Waals surface area contributed by atoms with Crippen molar-refractivity contribution in [1.29, 1.82) is 0 Å². The van der Waals surface area contributed by atoms with Crippen molar-refractivity contribution < 1.29 is 4.79 Å². The summed E-state index contributed by atoms with van der Waals surface area (Å²) in [7, 11) is 1.78. The first kappa shape index (κ1) is 15.5. The molecule has 1 amide bonds. The maximum atomic E-state index is 12.6. The van der Waals surface area contributed by atoms with E-state index in [4.69, 9.17) is 17.3 Å². The number of amides is 1. The number of nitrogens with two attached hydrogens (primary N) is 1. The van der Waals surface area contributed by atoms with Crippen molar-refractivity contribution in [2.45, 2.75) is 12.5 Å². The topological polar surface area (TPSA) is 46.3 Å². The second-order valence-electron chi connectivity index (χ2n) is 4.98. The molecule has 0 bridgehead atoms. The summed E-state index contributed by atoms with van der Waals surface area (Å²) in [5.74, 6) is -0.317. The highest BCUT2D eigenvalue weighted by atomic mass is 35.5.